The van der Waals surface area contributed by atoms with Crippen molar-refractivity contribution in [1.29, 1.82) is 0 Å². The zero-order chi connectivity index (χ0) is 12.9. The highest BCUT2D eigenvalue weighted by molar-refractivity contribution is 5.58. The van der Waals surface area contributed by atoms with Crippen molar-refractivity contribution in [1.82, 2.24) is 14.8 Å². The summed E-state index contributed by atoms with van der Waals surface area (Å²) in [5.74, 6) is 3.90. The van der Waals surface area contributed by atoms with Crippen LogP contribution >= 0.6 is 0 Å². The molecule has 2 aromatic heterocycles. The van der Waals surface area contributed by atoms with Crippen LogP contribution in [0, 0.1) is 19.3 Å². The van der Waals surface area contributed by atoms with Gasteiger partial charge in [-0.3, -0.25) is 0 Å². The number of furan rings is 1. The first-order chi connectivity index (χ1) is 8.46. The maximum atomic E-state index is 5.60. The molecule has 0 radical (unpaired) electrons. The Morgan fingerprint density at radius 1 is 1.28 bits per heavy atom. The monoisotopic (exact) mass is 245 g/mol. The van der Waals surface area contributed by atoms with E-state index in [9.17, 15) is 0 Å². The molecule has 3 rings (SSSR count). The van der Waals surface area contributed by atoms with Crippen LogP contribution < -0.4 is 0 Å². The van der Waals surface area contributed by atoms with Crippen molar-refractivity contribution >= 4 is 0 Å². The van der Waals surface area contributed by atoms with Gasteiger partial charge in [-0.1, -0.05) is 13.8 Å². The van der Waals surface area contributed by atoms with Gasteiger partial charge in [0.15, 0.2) is 5.82 Å². The second-order valence-corrected chi connectivity index (χ2v) is 6.02. The highest BCUT2D eigenvalue weighted by atomic mass is 16.3. The van der Waals surface area contributed by atoms with Crippen molar-refractivity contribution in [2.45, 2.75) is 47.1 Å². The summed E-state index contributed by atoms with van der Waals surface area (Å²) in [6.07, 6.45) is 2.18. The van der Waals surface area contributed by atoms with E-state index in [-0.39, 0.29) is 0 Å². The van der Waals surface area contributed by atoms with E-state index >= 15 is 0 Å². The smallest absolute Gasteiger partial charge is 0.167 e. The number of nitrogens with zero attached hydrogens (tertiary/aromatic N) is 3. The van der Waals surface area contributed by atoms with Crippen LogP contribution in [0.4, 0.5) is 0 Å². The van der Waals surface area contributed by atoms with E-state index in [0.717, 1.165) is 41.7 Å². The number of aromatic nitrogens is 3. The average molecular weight is 245 g/mol. The Labute approximate surface area is 107 Å². The minimum absolute atomic E-state index is 0.316. The van der Waals surface area contributed by atoms with E-state index in [1.807, 2.05) is 19.9 Å². The maximum absolute atomic E-state index is 5.60. The van der Waals surface area contributed by atoms with Gasteiger partial charge < -0.3 is 8.98 Å². The van der Waals surface area contributed by atoms with Crippen molar-refractivity contribution in [2.75, 3.05) is 0 Å². The lowest BCUT2D eigenvalue weighted by Gasteiger charge is -2.30. The van der Waals surface area contributed by atoms with E-state index in [2.05, 4.69) is 28.6 Å². The second kappa shape index (κ2) is 3.70. The third-order valence-electron chi connectivity index (χ3n) is 3.72. The number of hydrogen-bond donors (Lipinski definition) is 0. The van der Waals surface area contributed by atoms with Gasteiger partial charge in [0.1, 0.15) is 17.3 Å². The molecule has 3 heterocycles. The van der Waals surface area contributed by atoms with Gasteiger partial charge in [-0.05, 0) is 31.7 Å². The molecule has 4 heteroatoms. The van der Waals surface area contributed by atoms with Crippen molar-refractivity contribution < 1.29 is 4.42 Å². The van der Waals surface area contributed by atoms with Crippen molar-refractivity contribution in [3.05, 3.63) is 23.4 Å². The molecule has 0 saturated heterocycles. The molecule has 0 unspecified atom stereocenters. The van der Waals surface area contributed by atoms with Gasteiger partial charge in [0, 0.05) is 13.0 Å². The largest absolute Gasteiger partial charge is 0.466 e. The predicted octanol–water partition coefficient (Wildman–Crippen LogP) is 3.13. The standard InChI is InChI=1S/C14H19N3O/c1-9-7-11(10(2)18-9)13-16-15-12-5-6-14(3,4)8-17(12)13/h7H,5-6,8H2,1-4H3. The summed E-state index contributed by atoms with van der Waals surface area (Å²) in [5.41, 5.74) is 1.39. The van der Waals surface area contributed by atoms with Crippen LogP contribution in [0.1, 0.15) is 37.6 Å². The molecular weight excluding hydrogens is 226 g/mol. The molecule has 1 aliphatic rings. The molecule has 0 saturated carbocycles. The zero-order valence-electron chi connectivity index (χ0n) is 11.4. The first kappa shape index (κ1) is 11.5. The minimum atomic E-state index is 0.316. The lowest BCUT2D eigenvalue weighted by Crippen LogP contribution is -2.27. The molecule has 1 aliphatic heterocycles. The Morgan fingerprint density at radius 2 is 2.06 bits per heavy atom. The van der Waals surface area contributed by atoms with Crippen LogP contribution in [-0.2, 0) is 13.0 Å². The molecule has 0 aliphatic carbocycles. The van der Waals surface area contributed by atoms with Crippen molar-refractivity contribution in [3.8, 4) is 11.4 Å². The third-order valence-corrected chi connectivity index (χ3v) is 3.72. The summed E-state index contributed by atoms with van der Waals surface area (Å²) in [4.78, 5) is 0. The highest BCUT2D eigenvalue weighted by Gasteiger charge is 2.29. The van der Waals surface area contributed by atoms with Gasteiger partial charge in [-0.2, -0.15) is 0 Å². The molecule has 0 fully saturated rings. The second-order valence-electron chi connectivity index (χ2n) is 6.02. The van der Waals surface area contributed by atoms with Gasteiger partial charge >= 0.3 is 0 Å². The van der Waals surface area contributed by atoms with E-state index in [0.29, 0.717) is 5.41 Å². The summed E-state index contributed by atoms with van der Waals surface area (Å²) in [7, 11) is 0. The minimum Gasteiger partial charge on any atom is -0.466 e. The lowest BCUT2D eigenvalue weighted by molar-refractivity contribution is 0.248. The Morgan fingerprint density at radius 3 is 2.72 bits per heavy atom. The Kier molecular flexibility index (Phi) is 2.37. The molecule has 4 nitrogen and oxygen atoms in total. The molecule has 2 aromatic rings. The fourth-order valence-corrected chi connectivity index (χ4v) is 2.70. The Balaban J connectivity index is 2.10. The van der Waals surface area contributed by atoms with Crippen LogP contribution in [0.5, 0.6) is 0 Å². The van der Waals surface area contributed by atoms with Crippen molar-refractivity contribution in [2.24, 2.45) is 5.41 Å². The molecule has 96 valence electrons. The molecule has 0 amide bonds. The number of fused-ring (bicyclic) bond motifs is 1. The topological polar surface area (TPSA) is 43.9 Å². The van der Waals surface area contributed by atoms with Crippen LogP contribution in [0.2, 0.25) is 0 Å². The number of aryl methyl sites for hydroxylation is 3. The predicted molar refractivity (Wildman–Crippen MR) is 69.3 cm³/mol. The molecule has 0 bridgehead atoms. The molecule has 18 heavy (non-hydrogen) atoms. The summed E-state index contributed by atoms with van der Waals surface area (Å²) in [6, 6.07) is 2.05. The third kappa shape index (κ3) is 1.76. The van der Waals surface area contributed by atoms with Gasteiger partial charge in [0.05, 0.1) is 5.56 Å². The quantitative estimate of drug-likeness (QED) is 0.775. The molecule has 0 aromatic carbocycles. The van der Waals surface area contributed by atoms with Crippen LogP contribution in [0.3, 0.4) is 0 Å². The van der Waals surface area contributed by atoms with E-state index in [1.165, 1.54) is 6.42 Å². The van der Waals surface area contributed by atoms with Crippen LogP contribution in [-0.4, -0.2) is 14.8 Å². The van der Waals surface area contributed by atoms with E-state index in [1.54, 1.807) is 0 Å². The van der Waals surface area contributed by atoms with Gasteiger partial charge in [0.2, 0.25) is 0 Å². The summed E-state index contributed by atoms with van der Waals surface area (Å²) >= 11 is 0. The SMILES string of the molecule is Cc1cc(-c2nnc3n2CC(C)(C)CC3)c(C)o1. The van der Waals surface area contributed by atoms with E-state index < -0.39 is 0 Å². The zero-order valence-corrected chi connectivity index (χ0v) is 11.4. The number of hydrogen-bond acceptors (Lipinski definition) is 3. The molecule has 0 spiro atoms. The fraction of sp³-hybridized carbons (Fsp3) is 0.571. The normalized spacial score (nSPS) is 17.8. The Hall–Kier alpha value is -1.58. The molecule has 0 atom stereocenters. The maximum Gasteiger partial charge on any atom is 0.167 e. The first-order valence-electron chi connectivity index (χ1n) is 6.46. The van der Waals surface area contributed by atoms with Gasteiger partial charge in [0.25, 0.3) is 0 Å². The Bertz CT molecular complexity index is 592. The van der Waals surface area contributed by atoms with Crippen LogP contribution in [0.15, 0.2) is 10.5 Å². The van der Waals surface area contributed by atoms with Crippen LogP contribution in [0.25, 0.3) is 11.4 Å². The first-order valence-corrected chi connectivity index (χ1v) is 6.46. The van der Waals surface area contributed by atoms with Gasteiger partial charge in [-0.25, -0.2) is 0 Å². The number of rotatable bonds is 1. The summed E-state index contributed by atoms with van der Waals surface area (Å²) in [5, 5.41) is 8.68. The summed E-state index contributed by atoms with van der Waals surface area (Å²) in [6.45, 7) is 9.53. The lowest BCUT2D eigenvalue weighted by atomic mass is 9.85. The fourth-order valence-electron chi connectivity index (χ4n) is 2.70. The molecular formula is C14H19N3O. The summed E-state index contributed by atoms with van der Waals surface area (Å²) < 4.78 is 7.85. The highest BCUT2D eigenvalue weighted by Crippen LogP contribution is 2.34. The van der Waals surface area contributed by atoms with Gasteiger partial charge in [-0.15, -0.1) is 10.2 Å². The van der Waals surface area contributed by atoms with Crippen molar-refractivity contribution in [3.63, 3.8) is 0 Å². The average Bonchev–Trinajstić information content (AvgIpc) is 2.80. The molecule has 0 N–H and O–H groups in total. The van der Waals surface area contributed by atoms with E-state index in [4.69, 9.17) is 4.42 Å².